The summed E-state index contributed by atoms with van der Waals surface area (Å²) in [5, 5.41) is 6.32. The molecule has 146 valence electrons. The maximum Gasteiger partial charge on any atom is 0.222 e. The zero-order valence-electron chi connectivity index (χ0n) is 15.3. The largest absolute Gasteiger partial charge is 0.369 e. The minimum Gasteiger partial charge on any atom is -0.369 e. The first-order valence-corrected chi connectivity index (χ1v) is 8.68. The highest BCUT2D eigenvalue weighted by atomic mass is 127. The average molecular weight is 484 g/mol. The van der Waals surface area contributed by atoms with Crippen LogP contribution in [0.25, 0.3) is 0 Å². The first-order chi connectivity index (χ1) is 12.6. The Morgan fingerprint density at radius 3 is 2.33 bits per heavy atom. The van der Waals surface area contributed by atoms with E-state index in [1.165, 1.54) is 12.1 Å². The van der Waals surface area contributed by atoms with E-state index in [9.17, 15) is 9.18 Å². The number of carbonyl (C=O) groups excluding carboxylic acids is 1. The van der Waals surface area contributed by atoms with Crippen molar-refractivity contribution in [2.24, 2.45) is 16.6 Å². The maximum absolute atomic E-state index is 13.0. The molecule has 5 nitrogen and oxygen atoms in total. The van der Waals surface area contributed by atoms with Gasteiger partial charge in [-0.1, -0.05) is 42.5 Å². The van der Waals surface area contributed by atoms with E-state index in [1.807, 2.05) is 37.3 Å². The lowest BCUT2D eigenvalue weighted by molar-refractivity contribution is -0.121. The normalized spacial score (nSPS) is 12.0. The van der Waals surface area contributed by atoms with E-state index in [0.29, 0.717) is 32.0 Å². The van der Waals surface area contributed by atoms with Gasteiger partial charge in [-0.3, -0.25) is 4.79 Å². The summed E-state index contributed by atoms with van der Waals surface area (Å²) in [7, 11) is 0. The summed E-state index contributed by atoms with van der Waals surface area (Å²) in [6, 6.07) is 16.0. The monoisotopic (exact) mass is 484 g/mol. The van der Waals surface area contributed by atoms with Crippen LogP contribution in [0.4, 0.5) is 4.39 Å². The van der Waals surface area contributed by atoms with Gasteiger partial charge in [-0.05, 0) is 36.6 Å². The van der Waals surface area contributed by atoms with Crippen LogP contribution in [0.2, 0.25) is 0 Å². The Hall–Kier alpha value is -2.16. The van der Waals surface area contributed by atoms with Crippen LogP contribution in [0.5, 0.6) is 0 Å². The summed E-state index contributed by atoms with van der Waals surface area (Å²) < 4.78 is 13.0. The lowest BCUT2D eigenvalue weighted by atomic mass is 9.98. The lowest BCUT2D eigenvalue weighted by Gasteiger charge is -2.17. The van der Waals surface area contributed by atoms with Gasteiger partial charge in [0.2, 0.25) is 5.91 Å². The number of amides is 1. The maximum atomic E-state index is 13.0. The predicted molar refractivity (Wildman–Crippen MR) is 117 cm³/mol. The van der Waals surface area contributed by atoms with Crippen molar-refractivity contribution in [2.75, 3.05) is 13.1 Å². The van der Waals surface area contributed by atoms with Crippen molar-refractivity contribution in [3.05, 3.63) is 71.5 Å². The first-order valence-electron chi connectivity index (χ1n) is 8.68. The minimum absolute atomic E-state index is 0. The van der Waals surface area contributed by atoms with E-state index in [0.717, 1.165) is 11.1 Å². The first kappa shape index (κ1) is 22.9. The second-order valence-electron chi connectivity index (χ2n) is 5.99. The number of hydrogen-bond donors (Lipinski definition) is 3. The Balaban J connectivity index is 0.00000364. The van der Waals surface area contributed by atoms with Crippen molar-refractivity contribution in [3.63, 3.8) is 0 Å². The summed E-state index contributed by atoms with van der Waals surface area (Å²) in [5.41, 5.74) is 7.49. The molecule has 27 heavy (non-hydrogen) atoms. The SMILES string of the molecule is CCNC(=NCc1ccccc1)NCC(Cc1ccc(F)cc1)C(N)=O.I. The van der Waals surface area contributed by atoms with Gasteiger partial charge in [-0.15, -0.1) is 24.0 Å². The molecular formula is C20H26FIN4O. The minimum atomic E-state index is -0.416. The van der Waals surface area contributed by atoms with Crippen LogP contribution in [0, 0.1) is 11.7 Å². The molecule has 4 N–H and O–H groups in total. The fourth-order valence-electron chi connectivity index (χ4n) is 2.49. The van der Waals surface area contributed by atoms with E-state index in [-0.39, 0.29) is 29.8 Å². The number of hydrogen-bond acceptors (Lipinski definition) is 2. The third-order valence-electron chi connectivity index (χ3n) is 3.92. The molecule has 1 unspecified atom stereocenters. The van der Waals surface area contributed by atoms with Crippen LogP contribution < -0.4 is 16.4 Å². The van der Waals surface area contributed by atoms with Crippen molar-refractivity contribution in [1.29, 1.82) is 0 Å². The Kier molecular flexibility index (Phi) is 10.4. The molecule has 0 saturated carbocycles. The molecule has 0 bridgehead atoms. The van der Waals surface area contributed by atoms with E-state index < -0.39 is 11.8 Å². The molecule has 0 spiro atoms. The van der Waals surface area contributed by atoms with Gasteiger partial charge in [-0.25, -0.2) is 9.38 Å². The molecule has 7 heteroatoms. The van der Waals surface area contributed by atoms with E-state index >= 15 is 0 Å². The highest BCUT2D eigenvalue weighted by molar-refractivity contribution is 14.0. The Labute approximate surface area is 176 Å². The van der Waals surface area contributed by atoms with Gasteiger partial charge < -0.3 is 16.4 Å². The molecule has 0 aromatic heterocycles. The summed E-state index contributed by atoms with van der Waals surface area (Å²) in [4.78, 5) is 16.3. The molecule has 1 amide bonds. The second kappa shape index (κ2) is 12.3. The van der Waals surface area contributed by atoms with Crippen LogP contribution in [0.15, 0.2) is 59.6 Å². The van der Waals surface area contributed by atoms with Crippen molar-refractivity contribution < 1.29 is 9.18 Å². The fourth-order valence-corrected chi connectivity index (χ4v) is 2.49. The van der Waals surface area contributed by atoms with Crippen molar-refractivity contribution in [2.45, 2.75) is 19.9 Å². The number of rotatable bonds is 8. The number of nitrogens with one attached hydrogen (secondary N) is 2. The molecule has 0 aliphatic carbocycles. The van der Waals surface area contributed by atoms with Crippen molar-refractivity contribution in [1.82, 2.24) is 10.6 Å². The zero-order chi connectivity index (χ0) is 18.8. The summed E-state index contributed by atoms with van der Waals surface area (Å²) in [6.07, 6.45) is 0.445. The second-order valence-corrected chi connectivity index (χ2v) is 5.99. The number of nitrogens with zero attached hydrogens (tertiary/aromatic N) is 1. The third kappa shape index (κ3) is 8.38. The number of benzene rings is 2. The fraction of sp³-hybridized carbons (Fsp3) is 0.300. The van der Waals surface area contributed by atoms with Crippen LogP contribution in [0.3, 0.4) is 0 Å². The van der Waals surface area contributed by atoms with Gasteiger partial charge in [-0.2, -0.15) is 0 Å². The van der Waals surface area contributed by atoms with Gasteiger partial charge >= 0.3 is 0 Å². The highest BCUT2D eigenvalue weighted by Gasteiger charge is 2.16. The zero-order valence-corrected chi connectivity index (χ0v) is 17.7. The van der Waals surface area contributed by atoms with Gasteiger partial charge in [0.1, 0.15) is 5.82 Å². The number of halogens is 2. The molecule has 0 saturated heterocycles. The lowest BCUT2D eigenvalue weighted by Crippen LogP contribution is -2.43. The number of carbonyl (C=O) groups is 1. The summed E-state index contributed by atoms with van der Waals surface area (Å²) >= 11 is 0. The molecular weight excluding hydrogens is 458 g/mol. The van der Waals surface area contributed by atoms with Crippen LogP contribution >= 0.6 is 24.0 Å². The standard InChI is InChI=1S/C20H25FN4O.HI/c1-2-23-20(24-13-16-6-4-3-5-7-16)25-14-17(19(22)26)12-15-8-10-18(21)11-9-15;/h3-11,17H,2,12-14H2,1H3,(H2,22,26)(H2,23,24,25);1H. The molecule has 0 radical (unpaired) electrons. The topological polar surface area (TPSA) is 79.5 Å². The van der Waals surface area contributed by atoms with Crippen LogP contribution in [0.1, 0.15) is 18.1 Å². The Morgan fingerprint density at radius 1 is 1.07 bits per heavy atom. The van der Waals surface area contributed by atoms with E-state index in [2.05, 4.69) is 15.6 Å². The summed E-state index contributed by atoms with van der Waals surface area (Å²) in [5.74, 6) is -0.492. The van der Waals surface area contributed by atoms with Crippen LogP contribution in [-0.2, 0) is 17.8 Å². The molecule has 0 aliphatic rings. The molecule has 0 heterocycles. The molecule has 1 atom stereocenters. The number of guanidine groups is 1. The third-order valence-corrected chi connectivity index (χ3v) is 3.92. The number of aliphatic imine (C=N–C) groups is 1. The van der Waals surface area contributed by atoms with E-state index in [4.69, 9.17) is 5.73 Å². The smallest absolute Gasteiger partial charge is 0.222 e. The van der Waals surface area contributed by atoms with Gasteiger partial charge in [0, 0.05) is 13.1 Å². The van der Waals surface area contributed by atoms with Gasteiger partial charge in [0.05, 0.1) is 12.5 Å². The number of primary amides is 1. The molecule has 2 aromatic carbocycles. The molecule has 2 aromatic rings. The van der Waals surface area contributed by atoms with Gasteiger partial charge in [0.25, 0.3) is 0 Å². The quantitative estimate of drug-likeness (QED) is 0.306. The van der Waals surface area contributed by atoms with Crippen LogP contribution in [-0.4, -0.2) is 25.0 Å². The number of nitrogens with two attached hydrogens (primary N) is 1. The Morgan fingerprint density at radius 2 is 1.74 bits per heavy atom. The van der Waals surface area contributed by atoms with Crippen molar-refractivity contribution in [3.8, 4) is 0 Å². The molecule has 0 aliphatic heterocycles. The average Bonchev–Trinajstić information content (AvgIpc) is 2.65. The molecule has 2 rings (SSSR count). The van der Waals surface area contributed by atoms with Crippen molar-refractivity contribution >= 4 is 35.8 Å². The summed E-state index contributed by atoms with van der Waals surface area (Å²) in [6.45, 7) is 3.58. The van der Waals surface area contributed by atoms with Gasteiger partial charge in [0.15, 0.2) is 5.96 Å². The molecule has 0 fully saturated rings. The Bertz CT molecular complexity index is 723. The van der Waals surface area contributed by atoms with E-state index in [1.54, 1.807) is 12.1 Å². The highest BCUT2D eigenvalue weighted by Crippen LogP contribution is 2.09. The predicted octanol–water partition coefficient (Wildman–Crippen LogP) is 2.84.